The zero-order chi connectivity index (χ0) is 9.10. The Morgan fingerprint density at radius 3 is 3.08 bits per heavy atom. The van der Waals surface area contributed by atoms with Crippen molar-refractivity contribution in [1.29, 1.82) is 0 Å². The second-order valence-corrected chi connectivity index (χ2v) is 2.81. The fourth-order valence-corrected chi connectivity index (χ4v) is 1.05. The van der Waals surface area contributed by atoms with E-state index in [9.17, 15) is 4.79 Å². The molecule has 4 heteroatoms. The summed E-state index contributed by atoms with van der Waals surface area (Å²) in [6, 6.07) is 1.68. The van der Waals surface area contributed by atoms with E-state index < -0.39 is 0 Å². The monoisotopic (exact) mass is 179 g/mol. The number of ether oxygens (including phenoxy) is 2. The molecule has 0 bridgehead atoms. The van der Waals surface area contributed by atoms with Crippen LogP contribution in [0.4, 0.5) is 0 Å². The van der Waals surface area contributed by atoms with Crippen molar-refractivity contribution in [2.75, 3.05) is 13.2 Å². The van der Waals surface area contributed by atoms with E-state index >= 15 is 0 Å². The lowest BCUT2D eigenvalue weighted by molar-refractivity contribution is -0.0798. The Hall–Kier alpha value is -1.42. The quantitative estimate of drug-likeness (QED) is 0.640. The minimum Gasteiger partial charge on any atom is -0.485 e. The minimum atomic E-state index is 0.0844. The Bertz CT molecular complexity index is 309. The van der Waals surface area contributed by atoms with Crippen LogP contribution in [-0.2, 0) is 4.74 Å². The number of pyridine rings is 1. The van der Waals surface area contributed by atoms with Gasteiger partial charge in [0.2, 0.25) is 0 Å². The third-order valence-electron chi connectivity index (χ3n) is 1.84. The number of hydrogen-bond acceptors (Lipinski definition) is 4. The van der Waals surface area contributed by atoms with E-state index in [0.29, 0.717) is 24.5 Å². The van der Waals surface area contributed by atoms with E-state index in [0.717, 1.165) is 6.29 Å². The molecule has 1 saturated heterocycles. The van der Waals surface area contributed by atoms with Crippen molar-refractivity contribution in [3.8, 4) is 5.75 Å². The highest BCUT2D eigenvalue weighted by Crippen LogP contribution is 2.18. The number of carbonyl (C=O) groups is 1. The van der Waals surface area contributed by atoms with Crippen LogP contribution < -0.4 is 4.74 Å². The second-order valence-electron chi connectivity index (χ2n) is 2.81. The third-order valence-corrected chi connectivity index (χ3v) is 1.84. The summed E-state index contributed by atoms with van der Waals surface area (Å²) in [5.41, 5.74) is 0.481. The van der Waals surface area contributed by atoms with Crippen LogP contribution in [0.15, 0.2) is 18.5 Å². The fraction of sp³-hybridized carbons (Fsp3) is 0.333. The van der Waals surface area contributed by atoms with Gasteiger partial charge in [0.25, 0.3) is 0 Å². The smallest absolute Gasteiger partial charge is 0.155 e. The molecule has 0 unspecified atom stereocenters. The molecule has 0 aromatic carbocycles. The maximum atomic E-state index is 10.6. The highest BCUT2D eigenvalue weighted by Gasteiger charge is 2.20. The van der Waals surface area contributed by atoms with E-state index in [-0.39, 0.29) is 6.10 Å². The molecule has 4 nitrogen and oxygen atoms in total. The van der Waals surface area contributed by atoms with Crippen molar-refractivity contribution in [1.82, 2.24) is 4.98 Å². The SMILES string of the molecule is O=Cc1cnccc1OC1COC1. The molecule has 1 aliphatic rings. The minimum absolute atomic E-state index is 0.0844. The topological polar surface area (TPSA) is 48.4 Å². The lowest BCUT2D eigenvalue weighted by Crippen LogP contribution is -2.38. The van der Waals surface area contributed by atoms with Crippen molar-refractivity contribution in [3.05, 3.63) is 24.0 Å². The zero-order valence-electron chi connectivity index (χ0n) is 6.97. The Morgan fingerprint density at radius 1 is 1.62 bits per heavy atom. The summed E-state index contributed by atoms with van der Waals surface area (Å²) in [5, 5.41) is 0. The fourth-order valence-electron chi connectivity index (χ4n) is 1.05. The molecule has 1 aromatic rings. The average Bonchev–Trinajstić information content (AvgIpc) is 2.12. The van der Waals surface area contributed by atoms with Crippen LogP contribution in [0.25, 0.3) is 0 Å². The summed E-state index contributed by atoms with van der Waals surface area (Å²) in [4.78, 5) is 14.4. The van der Waals surface area contributed by atoms with Gasteiger partial charge >= 0.3 is 0 Å². The van der Waals surface area contributed by atoms with Gasteiger partial charge in [-0.3, -0.25) is 9.78 Å². The highest BCUT2D eigenvalue weighted by molar-refractivity contribution is 5.78. The van der Waals surface area contributed by atoms with Crippen LogP contribution in [0, 0.1) is 0 Å². The predicted octanol–water partition coefficient (Wildman–Crippen LogP) is 0.672. The standard InChI is InChI=1S/C9H9NO3/c11-4-7-3-10-2-1-9(7)13-8-5-12-6-8/h1-4,8H,5-6H2. The van der Waals surface area contributed by atoms with Crippen LogP contribution in [0.5, 0.6) is 5.75 Å². The largest absolute Gasteiger partial charge is 0.485 e. The molecule has 0 N–H and O–H groups in total. The number of carbonyl (C=O) groups excluding carboxylic acids is 1. The third kappa shape index (κ3) is 1.67. The zero-order valence-corrected chi connectivity index (χ0v) is 6.97. The maximum absolute atomic E-state index is 10.6. The number of rotatable bonds is 3. The average molecular weight is 179 g/mol. The first kappa shape index (κ1) is 8.19. The molecule has 2 rings (SSSR count). The van der Waals surface area contributed by atoms with Gasteiger partial charge in [-0.25, -0.2) is 0 Å². The van der Waals surface area contributed by atoms with Crippen LogP contribution in [0.1, 0.15) is 10.4 Å². The first-order valence-electron chi connectivity index (χ1n) is 4.04. The molecule has 0 spiro atoms. The van der Waals surface area contributed by atoms with E-state index in [2.05, 4.69) is 4.98 Å². The normalized spacial score (nSPS) is 16.3. The van der Waals surface area contributed by atoms with Gasteiger partial charge < -0.3 is 9.47 Å². The molecule has 0 saturated carbocycles. The summed E-state index contributed by atoms with van der Waals surface area (Å²) in [6.07, 6.45) is 3.91. The van der Waals surface area contributed by atoms with Gasteiger partial charge in [0.15, 0.2) is 6.29 Å². The summed E-state index contributed by atoms with van der Waals surface area (Å²) in [5.74, 6) is 0.582. The number of hydrogen-bond donors (Lipinski definition) is 0. The first-order valence-corrected chi connectivity index (χ1v) is 4.04. The summed E-state index contributed by atoms with van der Waals surface area (Å²) < 4.78 is 10.4. The van der Waals surface area contributed by atoms with Crippen molar-refractivity contribution in [3.63, 3.8) is 0 Å². The van der Waals surface area contributed by atoms with Crippen molar-refractivity contribution < 1.29 is 14.3 Å². The molecule has 1 aliphatic heterocycles. The van der Waals surface area contributed by atoms with E-state index in [1.807, 2.05) is 0 Å². The molecule has 1 aromatic heterocycles. The molecule has 0 amide bonds. The lowest BCUT2D eigenvalue weighted by Gasteiger charge is -2.27. The molecule has 68 valence electrons. The van der Waals surface area contributed by atoms with Gasteiger partial charge in [-0.2, -0.15) is 0 Å². The molecular formula is C9H9NO3. The molecular weight excluding hydrogens is 170 g/mol. The van der Waals surface area contributed by atoms with Gasteiger partial charge in [0.05, 0.1) is 18.8 Å². The van der Waals surface area contributed by atoms with E-state index in [1.54, 1.807) is 12.3 Å². The maximum Gasteiger partial charge on any atom is 0.155 e. The highest BCUT2D eigenvalue weighted by atomic mass is 16.6. The van der Waals surface area contributed by atoms with E-state index in [1.165, 1.54) is 6.20 Å². The molecule has 0 radical (unpaired) electrons. The Morgan fingerprint density at radius 2 is 2.46 bits per heavy atom. The Labute approximate surface area is 75.5 Å². The van der Waals surface area contributed by atoms with E-state index in [4.69, 9.17) is 9.47 Å². The van der Waals surface area contributed by atoms with Crippen LogP contribution in [0.3, 0.4) is 0 Å². The van der Waals surface area contributed by atoms with Gasteiger partial charge in [0.1, 0.15) is 11.9 Å². The lowest BCUT2D eigenvalue weighted by atomic mass is 10.2. The van der Waals surface area contributed by atoms with Crippen LogP contribution in [0.2, 0.25) is 0 Å². The molecule has 0 atom stereocenters. The van der Waals surface area contributed by atoms with Crippen LogP contribution in [-0.4, -0.2) is 30.6 Å². The summed E-state index contributed by atoms with van der Waals surface area (Å²) in [6.45, 7) is 1.20. The van der Waals surface area contributed by atoms with Gasteiger partial charge in [-0.05, 0) is 6.07 Å². The molecule has 0 aliphatic carbocycles. The van der Waals surface area contributed by atoms with Crippen LogP contribution >= 0.6 is 0 Å². The van der Waals surface area contributed by atoms with Crippen molar-refractivity contribution in [2.45, 2.75) is 6.10 Å². The molecule has 13 heavy (non-hydrogen) atoms. The van der Waals surface area contributed by atoms with Gasteiger partial charge in [-0.15, -0.1) is 0 Å². The molecule has 1 fully saturated rings. The Kier molecular flexibility index (Phi) is 2.23. The number of aldehydes is 1. The molecule has 2 heterocycles. The Balaban J connectivity index is 2.12. The van der Waals surface area contributed by atoms with Gasteiger partial charge in [-0.1, -0.05) is 0 Å². The predicted molar refractivity (Wildman–Crippen MR) is 44.9 cm³/mol. The summed E-state index contributed by atoms with van der Waals surface area (Å²) >= 11 is 0. The summed E-state index contributed by atoms with van der Waals surface area (Å²) in [7, 11) is 0. The second kappa shape index (κ2) is 3.53. The van der Waals surface area contributed by atoms with Crippen molar-refractivity contribution >= 4 is 6.29 Å². The van der Waals surface area contributed by atoms with Crippen molar-refractivity contribution in [2.24, 2.45) is 0 Å². The number of nitrogens with zero attached hydrogens (tertiary/aromatic N) is 1. The number of aromatic nitrogens is 1. The van der Waals surface area contributed by atoms with Gasteiger partial charge in [0, 0.05) is 12.4 Å². The first-order chi connectivity index (χ1) is 6.40.